The van der Waals surface area contributed by atoms with Crippen molar-refractivity contribution in [2.45, 2.75) is 25.8 Å². The largest absolute Gasteiger partial charge is 0.324 e. The van der Waals surface area contributed by atoms with Crippen molar-refractivity contribution >= 4 is 21.6 Å². The SMILES string of the molecule is CC(C)C(C)CNS(=O)(=O)c1ncn(C)c1Cl. The minimum absolute atomic E-state index is 0.113. The van der Waals surface area contributed by atoms with Gasteiger partial charge in [0.1, 0.15) is 5.15 Å². The van der Waals surface area contributed by atoms with E-state index in [4.69, 9.17) is 11.6 Å². The second-order valence-electron chi connectivity index (χ2n) is 4.52. The molecule has 0 aromatic carbocycles. The first kappa shape index (κ1) is 14.5. The van der Waals surface area contributed by atoms with Gasteiger partial charge in [-0.05, 0) is 11.8 Å². The molecule has 1 atom stereocenters. The highest BCUT2D eigenvalue weighted by molar-refractivity contribution is 7.89. The van der Waals surface area contributed by atoms with Gasteiger partial charge in [0.2, 0.25) is 5.03 Å². The lowest BCUT2D eigenvalue weighted by Crippen LogP contribution is -2.30. The van der Waals surface area contributed by atoms with Crippen molar-refractivity contribution < 1.29 is 8.42 Å². The van der Waals surface area contributed by atoms with E-state index in [0.717, 1.165) is 0 Å². The Bertz CT molecular complexity index is 482. The second-order valence-corrected chi connectivity index (χ2v) is 6.56. The first-order chi connectivity index (χ1) is 7.75. The molecule has 1 aromatic rings. The molecule has 0 aliphatic rings. The van der Waals surface area contributed by atoms with Gasteiger partial charge in [-0.15, -0.1) is 0 Å². The highest BCUT2D eigenvalue weighted by atomic mass is 35.5. The average molecular weight is 280 g/mol. The van der Waals surface area contributed by atoms with E-state index in [1.165, 1.54) is 10.9 Å². The summed E-state index contributed by atoms with van der Waals surface area (Å²) in [7, 11) is -1.97. The summed E-state index contributed by atoms with van der Waals surface area (Å²) in [5, 5.41) is 0.00678. The molecule has 0 aliphatic heterocycles. The molecule has 17 heavy (non-hydrogen) atoms. The number of aromatic nitrogens is 2. The Balaban J connectivity index is 2.80. The van der Waals surface area contributed by atoms with Crippen LogP contribution < -0.4 is 4.72 Å². The number of halogens is 1. The molecule has 0 fully saturated rings. The van der Waals surface area contributed by atoms with Crippen LogP contribution in [0.2, 0.25) is 5.15 Å². The maximum Gasteiger partial charge on any atom is 0.261 e. The molecule has 0 aliphatic carbocycles. The minimum Gasteiger partial charge on any atom is -0.324 e. The van der Waals surface area contributed by atoms with Crippen molar-refractivity contribution in [3.63, 3.8) is 0 Å². The highest BCUT2D eigenvalue weighted by Crippen LogP contribution is 2.18. The van der Waals surface area contributed by atoms with Crippen LogP contribution in [0.1, 0.15) is 20.8 Å². The Morgan fingerprint density at radius 1 is 1.47 bits per heavy atom. The van der Waals surface area contributed by atoms with Crippen LogP contribution in [0.3, 0.4) is 0 Å². The van der Waals surface area contributed by atoms with Gasteiger partial charge in [-0.2, -0.15) is 0 Å². The predicted octanol–water partition coefficient (Wildman–Crippen LogP) is 1.64. The first-order valence-electron chi connectivity index (χ1n) is 5.42. The summed E-state index contributed by atoms with van der Waals surface area (Å²) in [6, 6.07) is 0. The zero-order valence-corrected chi connectivity index (χ0v) is 12.0. The topological polar surface area (TPSA) is 64.0 Å². The van der Waals surface area contributed by atoms with Crippen molar-refractivity contribution in [1.29, 1.82) is 0 Å². The summed E-state index contributed by atoms with van der Waals surface area (Å²) in [5.41, 5.74) is 0. The van der Waals surface area contributed by atoms with E-state index in [-0.39, 0.29) is 16.1 Å². The summed E-state index contributed by atoms with van der Waals surface area (Å²) in [4.78, 5) is 3.79. The van der Waals surface area contributed by atoms with Crippen LogP contribution in [0.5, 0.6) is 0 Å². The lowest BCUT2D eigenvalue weighted by molar-refractivity contribution is 0.414. The third-order valence-corrected chi connectivity index (χ3v) is 4.73. The third-order valence-electron chi connectivity index (χ3n) is 2.82. The number of rotatable bonds is 5. The molecule has 0 amide bonds. The van der Waals surface area contributed by atoms with E-state index in [0.29, 0.717) is 12.5 Å². The van der Waals surface area contributed by atoms with Gasteiger partial charge < -0.3 is 4.57 Å². The van der Waals surface area contributed by atoms with Crippen LogP contribution >= 0.6 is 11.6 Å². The van der Waals surface area contributed by atoms with Crippen molar-refractivity contribution in [2.24, 2.45) is 18.9 Å². The standard InChI is InChI=1S/C10H18ClN3O2S/c1-7(2)8(3)5-13-17(15,16)10-9(11)14(4)6-12-10/h6-8,13H,5H2,1-4H3. The number of hydrogen-bond donors (Lipinski definition) is 1. The third kappa shape index (κ3) is 3.43. The van der Waals surface area contributed by atoms with E-state index >= 15 is 0 Å². The second kappa shape index (κ2) is 5.37. The number of aryl methyl sites for hydroxylation is 1. The van der Waals surface area contributed by atoms with E-state index < -0.39 is 10.0 Å². The smallest absolute Gasteiger partial charge is 0.261 e. The Kier molecular flexibility index (Phi) is 4.57. The van der Waals surface area contributed by atoms with Crippen LogP contribution in [-0.2, 0) is 17.1 Å². The fourth-order valence-corrected chi connectivity index (χ4v) is 2.69. The van der Waals surface area contributed by atoms with Crippen molar-refractivity contribution in [3.8, 4) is 0 Å². The maximum absolute atomic E-state index is 11.9. The van der Waals surface area contributed by atoms with Gasteiger partial charge in [0.05, 0.1) is 6.33 Å². The molecule has 0 radical (unpaired) electrons. The molecule has 0 bridgehead atoms. The van der Waals surface area contributed by atoms with Gasteiger partial charge >= 0.3 is 0 Å². The van der Waals surface area contributed by atoms with Crippen molar-refractivity contribution in [3.05, 3.63) is 11.5 Å². The van der Waals surface area contributed by atoms with Crippen LogP contribution in [-0.4, -0.2) is 24.5 Å². The van der Waals surface area contributed by atoms with Gasteiger partial charge in [0.25, 0.3) is 10.0 Å². The molecule has 1 rings (SSSR count). The average Bonchev–Trinajstić information content (AvgIpc) is 2.56. The number of hydrogen-bond acceptors (Lipinski definition) is 3. The van der Waals surface area contributed by atoms with Crippen LogP contribution in [0.15, 0.2) is 11.4 Å². The number of nitrogens with zero attached hydrogens (tertiary/aromatic N) is 2. The van der Waals surface area contributed by atoms with E-state index in [9.17, 15) is 8.42 Å². The Morgan fingerprint density at radius 2 is 2.06 bits per heavy atom. The molecule has 1 unspecified atom stereocenters. The molecule has 0 spiro atoms. The molecule has 1 heterocycles. The molecular weight excluding hydrogens is 262 g/mol. The molecular formula is C10H18ClN3O2S. The minimum atomic E-state index is -3.61. The van der Waals surface area contributed by atoms with Gasteiger partial charge in [0.15, 0.2) is 0 Å². The lowest BCUT2D eigenvalue weighted by atomic mass is 9.99. The lowest BCUT2D eigenvalue weighted by Gasteiger charge is -2.15. The van der Waals surface area contributed by atoms with Gasteiger partial charge in [0, 0.05) is 13.6 Å². The monoisotopic (exact) mass is 279 g/mol. The van der Waals surface area contributed by atoms with Crippen LogP contribution in [0.4, 0.5) is 0 Å². The zero-order chi connectivity index (χ0) is 13.2. The molecule has 5 nitrogen and oxygen atoms in total. The van der Waals surface area contributed by atoms with Crippen LogP contribution in [0, 0.1) is 11.8 Å². The molecule has 0 saturated heterocycles. The summed E-state index contributed by atoms with van der Waals surface area (Å²) in [5.74, 6) is 0.671. The van der Waals surface area contributed by atoms with Gasteiger partial charge in [-0.1, -0.05) is 32.4 Å². The van der Waals surface area contributed by atoms with Crippen molar-refractivity contribution in [2.75, 3.05) is 6.54 Å². The van der Waals surface area contributed by atoms with Crippen molar-refractivity contribution in [1.82, 2.24) is 14.3 Å². The van der Waals surface area contributed by atoms with E-state index in [1.54, 1.807) is 7.05 Å². The first-order valence-corrected chi connectivity index (χ1v) is 7.28. The Morgan fingerprint density at radius 3 is 2.47 bits per heavy atom. The summed E-state index contributed by atoms with van der Waals surface area (Å²) in [6.07, 6.45) is 1.38. The van der Waals surface area contributed by atoms with E-state index in [1.807, 2.05) is 20.8 Å². The molecule has 98 valence electrons. The molecule has 1 N–H and O–H groups in total. The fraction of sp³-hybridized carbons (Fsp3) is 0.700. The number of sulfonamides is 1. The fourth-order valence-electron chi connectivity index (χ4n) is 1.12. The molecule has 0 saturated carbocycles. The summed E-state index contributed by atoms with van der Waals surface area (Å²) < 4.78 is 27.8. The zero-order valence-electron chi connectivity index (χ0n) is 10.4. The van der Waals surface area contributed by atoms with Gasteiger partial charge in [-0.3, -0.25) is 0 Å². The van der Waals surface area contributed by atoms with E-state index in [2.05, 4.69) is 9.71 Å². The van der Waals surface area contributed by atoms with Crippen LogP contribution in [0.25, 0.3) is 0 Å². The van der Waals surface area contributed by atoms with Gasteiger partial charge in [-0.25, -0.2) is 18.1 Å². The normalized spacial score (nSPS) is 14.2. The number of imidazole rings is 1. The maximum atomic E-state index is 11.9. The quantitative estimate of drug-likeness (QED) is 0.891. The molecule has 1 aromatic heterocycles. The number of nitrogens with one attached hydrogen (secondary N) is 1. The molecule has 7 heteroatoms. The highest BCUT2D eigenvalue weighted by Gasteiger charge is 2.23. The summed E-state index contributed by atoms with van der Waals surface area (Å²) in [6.45, 7) is 6.47. The Labute approximate surface area is 107 Å². The predicted molar refractivity (Wildman–Crippen MR) is 67.4 cm³/mol. The summed E-state index contributed by atoms with van der Waals surface area (Å²) >= 11 is 5.85. The Hall–Kier alpha value is -0.590.